The zero-order valence-corrected chi connectivity index (χ0v) is 12.5. The maximum atomic E-state index is 5.66. The SMILES string of the molecule is c1csc(-c2nc(CSc3nc4ccccc4o3)co2)c1. The minimum atomic E-state index is 0.650. The molecule has 0 bridgehead atoms. The van der Waals surface area contributed by atoms with E-state index in [0.717, 1.165) is 21.7 Å². The van der Waals surface area contributed by atoms with Crippen LogP contribution in [0.4, 0.5) is 0 Å². The maximum Gasteiger partial charge on any atom is 0.257 e. The van der Waals surface area contributed by atoms with Gasteiger partial charge in [0.2, 0.25) is 5.89 Å². The molecule has 0 unspecified atom stereocenters. The number of thiophene rings is 1. The molecule has 0 aliphatic rings. The first-order valence-electron chi connectivity index (χ1n) is 6.35. The molecule has 3 heterocycles. The number of aromatic nitrogens is 2. The third-order valence-electron chi connectivity index (χ3n) is 2.90. The topological polar surface area (TPSA) is 52.1 Å². The number of nitrogens with zero attached hydrogens (tertiary/aromatic N) is 2. The average molecular weight is 314 g/mol. The van der Waals surface area contributed by atoms with Crippen LogP contribution in [0, 0.1) is 0 Å². The Morgan fingerprint density at radius 3 is 2.90 bits per heavy atom. The number of benzene rings is 1. The van der Waals surface area contributed by atoms with E-state index in [1.54, 1.807) is 17.6 Å². The lowest BCUT2D eigenvalue weighted by Crippen LogP contribution is -1.80. The molecule has 21 heavy (non-hydrogen) atoms. The molecule has 0 radical (unpaired) electrons. The molecule has 0 spiro atoms. The summed E-state index contributed by atoms with van der Waals surface area (Å²) >= 11 is 3.13. The molecule has 4 rings (SSSR count). The van der Waals surface area contributed by atoms with Crippen LogP contribution in [0.1, 0.15) is 5.69 Å². The summed E-state index contributed by atoms with van der Waals surface area (Å²) in [6.45, 7) is 0. The number of rotatable bonds is 4. The quantitative estimate of drug-likeness (QED) is 0.505. The van der Waals surface area contributed by atoms with Gasteiger partial charge in [-0.3, -0.25) is 0 Å². The maximum absolute atomic E-state index is 5.66. The van der Waals surface area contributed by atoms with Crippen LogP contribution in [0.2, 0.25) is 0 Å². The smallest absolute Gasteiger partial charge is 0.257 e. The van der Waals surface area contributed by atoms with E-state index in [1.807, 2.05) is 41.8 Å². The predicted molar refractivity (Wildman–Crippen MR) is 83.4 cm³/mol. The van der Waals surface area contributed by atoms with Crippen molar-refractivity contribution in [3.05, 3.63) is 53.7 Å². The van der Waals surface area contributed by atoms with Crippen molar-refractivity contribution in [1.29, 1.82) is 0 Å². The van der Waals surface area contributed by atoms with Crippen molar-refractivity contribution in [2.45, 2.75) is 11.0 Å². The summed E-state index contributed by atoms with van der Waals surface area (Å²) in [4.78, 5) is 9.93. The second-order valence-electron chi connectivity index (χ2n) is 4.36. The summed E-state index contributed by atoms with van der Waals surface area (Å²) in [6.07, 6.45) is 1.69. The monoisotopic (exact) mass is 314 g/mol. The molecule has 0 fully saturated rings. The Labute approximate surface area is 128 Å². The zero-order valence-electron chi connectivity index (χ0n) is 10.9. The van der Waals surface area contributed by atoms with Crippen molar-refractivity contribution >= 4 is 34.2 Å². The Bertz CT molecular complexity index is 832. The molecule has 6 heteroatoms. The lowest BCUT2D eigenvalue weighted by Gasteiger charge is -1.90. The standard InChI is InChI=1S/C15H10N2O2S2/c1-2-5-12-11(4-1)17-15(19-12)21-9-10-8-18-14(16-10)13-6-3-7-20-13/h1-8H,9H2. The summed E-state index contributed by atoms with van der Waals surface area (Å²) in [7, 11) is 0. The Morgan fingerprint density at radius 1 is 1.10 bits per heavy atom. The fourth-order valence-electron chi connectivity index (χ4n) is 1.94. The number of hydrogen-bond donors (Lipinski definition) is 0. The van der Waals surface area contributed by atoms with Gasteiger partial charge in [-0.25, -0.2) is 9.97 Å². The molecule has 0 atom stereocenters. The molecule has 3 aromatic heterocycles. The van der Waals surface area contributed by atoms with Crippen molar-refractivity contribution in [1.82, 2.24) is 9.97 Å². The van der Waals surface area contributed by atoms with E-state index >= 15 is 0 Å². The highest BCUT2D eigenvalue weighted by Gasteiger charge is 2.10. The lowest BCUT2D eigenvalue weighted by atomic mass is 10.3. The third kappa shape index (κ3) is 2.59. The molecule has 1 aromatic carbocycles. The van der Waals surface area contributed by atoms with Crippen molar-refractivity contribution in [2.75, 3.05) is 0 Å². The van der Waals surface area contributed by atoms with Crippen LogP contribution in [0.3, 0.4) is 0 Å². The third-order valence-corrected chi connectivity index (χ3v) is 4.62. The number of oxazole rings is 2. The van der Waals surface area contributed by atoms with Gasteiger partial charge in [-0.1, -0.05) is 30.0 Å². The molecule has 0 saturated carbocycles. The number of fused-ring (bicyclic) bond motifs is 1. The van der Waals surface area contributed by atoms with Crippen molar-refractivity contribution in [3.63, 3.8) is 0 Å². The predicted octanol–water partition coefficient (Wildman–Crippen LogP) is 4.84. The van der Waals surface area contributed by atoms with E-state index < -0.39 is 0 Å². The van der Waals surface area contributed by atoms with E-state index in [-0.39, 0.29) is 0 Å². The molecule has 0 N–H and O–H groups in total. The van der Waals surface area contributed by atoms with Gasteiger partial charge in [-0.15, -0.1) is 11.3 Å². The van der Waals surface area contributed by atoms with Gasteiger partial charge >= 0.3 is 0 Å². The molecule has 4 aromatic rings. The van der Waals surface area contributed by atoms with E-state index in [0.29, 0.717) is 16.9 Å². The van der Waals surface area contributed by atoms with Gasteiger partial charge in [0.15, 0.2) is 5.58 Å². The van der Waals surface area contributed by atoms with Crippen LogP contribution in [0.25, 0.3) is 21.9 Å². The molecule has 104 valence electrons. The van der Waals surface area contributed by atoms with Crippen molar-refractivity contribution in [3.8, 4) is 10.8 Å². The van der Waals surface area contributed by atoms with E-state index in [2.05, 4.69) is 9.97 Å². The Balaban J connectivity index is 1.49. The fraction of sp³-hybridized carbons (Fsp3) is 0.0667. The minimum Gasteiger partial charge on any atom is -0.444 e. The Morgan fingerprint density at radius 2 is 2.05 bits per heavy atom. The molecular weight excluding hydrogens is 304 g/mol. The highest BCUT2D eigenvalue weighted by atomic mass is 32.2. The Hall–Kier alpha value is -2.05. The summed E-state index contributed by atoms with van der Waals surface area (Å²) in [5.41, 5.74) is 2.56. The van der Waals surface area contributed by atoms with Crippen LogP contribution in [0.5, 0.6) is 0 Å². The number of para-hydroxylation sites is 2. The minimum absolute atomic E-state index is 0.650. The van der Waals surface area contributed by atoms with E-state index in [9.17, 15) is 0 Å². The first kappa shape index (κ1) is 12.7. The highest BCUT2D eigenvalue weighted by Crippen LogP contribution is 2.28. The zero-order chi connectivity index (χ0) is 14.1. The van der Waals surface area contributed by atoms with Crippen molar-refractivity contribution < 1.29 is 8.83 Å². The van der Waals surface area contributed by atoms with Gasteiger partial charge in [-0.2, -0.15) is 0 Å². The van der Waals surface area contributed by atoms with Gasteiger partial charge in [0.25, 0.3) is 5.22 Å². The van der Waals surface area contributed by atoms with Crippen LogP contribution in [0.15, 0.2) is 62.1 Å². The van der Waals surface area contributed by atoms with Crippen LogP contribution >= 0.6 is 23.1 Å². The molecule has 0 amide bonds. The van der Waals surface area contributed by atoms with Gasteiger partial charge < -0.3 is 8.83 Å². The summed E-state index contributed by atoms with van der Waals surface area (Å²) in [5.74, 6) is 1.33. The van der Waals surface area contributed by atoms with Gasteiger partial charge in [0, 0.05) is 5.75 Å². The van der Waals surface area contributed by atoms with Crippen LogP contribution < -0.4 is 0 Å². The molecular formula is C15H10N2O2S2. The Kier molecular flexibility index (Phi) is 3.25. The summed E-state index contributed by atoms with van der Waals surface area (Å²) < 4.78 is 11.2. The first-order valence-corrected chi connectivity index (χ1v) is 8.22. The largest absolute Gasteiger partial charge is 0.444 e. The first-order chi connectivity index (χ1) is 10.4. The lowest BCUT2D eigenvalue weighted by molar-refractivity contribution is 0.489. The number of hydrogen-bond acceptors (Lipinski definition) is 6. The van der Waals surface area contributed by atoms with Crippen LogP contribution in [-0.2, 0) is 5.75 Å². The normalized spacial score (nSPS) is 11.2. The van der Waals surface area contributed by atoms with Gasteiger partial charge in [0.05, 0.1) is 10.6 Å². The fourth-order valence-corrected chi connectivity index (χ4v) is 3.31. The average Bonchev–Trinajstić information content (AvgIpc) is 3.23. The van der Waals surface area contributed by atoms with Gasteiger partial charge in [-0.05, 0) is 23.6 Å². The second-order valence-corrected chi connectivity index (χ2v) is 6.23. The molecule has 4 nitrogen and oxygen atoms in total. The van der Waals surface area contributed by atoms with E-state index in [4.69, 9.17) is 8.83 Å². The molecule has 0 saturated heterocycles. The molecule has 0 aliphatic carbocycles. The number of thioether (sulfide) groups is 1. The van der Waals surface area contributed by atoms with Crippen molar-refractivity contribution in [2.24, 2.45) is 0 Å². The highest BCUT2D eigenvalue weighted by molar-refractivity contribution is 7.98. The van der Waals surface area contributed by atoms with Gasteiger partial charge in [0.1, 0.15) is 11.8 Å². The summed E-state index contributed by atoms with van der Waals surface area (Å²) in [6, 6.07) is 11.7. The summed E-state index contributed by atoms with van der Waals surface area (Å²) in [5, 5.41) is 2.66. The second kappa shape index (κ2) is 5.38. The van der Waals surface area contributed by atoms with E-state index in [1.165, 1.54) is 11.8 Å². The van der Waals surface area contributed by atoms with Crippen LogP contribution in [-0.4, -0.2) is 9.97 Å². The molecule has 0 aliphatic heterocycles.